The number of nitrogens with zero attached hydrogens (tertiary/aromatic N) is 3. The van der Waals surface area contributed by atoms with Gasteiger partial charge < -0.3 is 9.84 Å². The summed E-state index contributed by atoms with van der Waals surface area (Å²) < 4.78 is 43.2. The van der Waals surface area contributed by atoms with Crippen molar-refractivity contribution >= 4 is 27.5 Å². The van der Waals surface area contributed by atoms with Crippen molar-refractivity contribution in [2.24, 2.45) is 0 Å². The molecular weight excluding hydrogens is 377 g/mol. The average molecular weight is 386 g/mol. The molecule has 0 radical (unpaired) electrons. The number of halogens is 2. The molecular formula is C14H9ClFN3O5S. The normalized spacial score (nSPS) is 13.8. The fourth-order valence-electron chi connectivity index (χ4n) is 1.85. The standard InChI is InChI=1S/C14H9ClFN3O5S/c15-13-8(3-4-25(22,23)10-1-2-10)5-9(6-11(13)16)24-12-7-17-18-19(12)14(20)21/h5-7,10H,1-2H2,(H,20,21). The van der Waals surface area contributed by atoms with Gasteiger partial charge >= 0.3 is 6.09 Å². The Morgan fingerprint density at radius 2 is 2.16 bits per heavy atom. The van der Waals surface area contributed by atoms with Gasteiger partial charge in [0.2, 0.25) is 15.7 Å². The van der Waals surface area contributed by atoms with Gasteiger partial charge in [0.1, 0.15) is 17.8 Å². The van der Waals surface area contributed by atoms with Gasteiger partial charge in [-0.1, -0.05) is 16.8 Å². The van der Waals surface area contributed by atoms with E-state index in [1.165, 1.54) is 6.07 Å². The summed E-state index contributed by atoms with van der Waals surface area (Å²) in [5, 5.41) is 16.8. The van der Waals surface area contributed by atoms with E-state index in [2.05, 4.69) is 21.5 Å². The first-order valence-corrected chi connectivity index (χ1v) is 8.78. The molecule has 0 unspecified atom stereocenters. The van der Waals surface area contributed by atoms with Crippen molar-refractivity contribution in [3.05, 3.63) is 34.7 Å². The fourth-order valence-corrected chi connectivity index (χ4v) is 3.18. The molecule has 1 N–H and O–H groups in total. The second kappa shape index (κ2) is 6.34. The molecule has 0 bridgehead atoms. The van der Waals surface area contributed by atoms with E-state index in [-0.39, 0.29) is 22.2 Å². The Balaban J connectivity index is 1.95. The molecule has 130 valence electrons. The maximum Gasteiger partial charge on any atom is 0.436 e. The first-order valence-electron chi connectivity index (χ1n) is 6.85. The van der Waals surface area contributed by atoms with E-state index in [1.54, 1.807) is 0 Å². The van der Waals surface area contributed by atoms with Crippen molar-refractivity contribution in [2.45, 2.75) is 18.1 Å². The third-order valence-corrected chi connectivity index (χ3v) is 5.33. The number of carbonyl (C=O) groups is 1. The van der Waals surface area contributed by atoms with Gasteiger partial charge in [0, 0.05) is 11.3 Å². The minimum atomic E-state index is -3.58. The molecule has 1 aliphatic rings. The summed E-state index contributed by atoms with van der Waals surface area (Å²) in [6.07, 6.45) is 0.671. The number of hydrogen-bond donors (Lipinski definition) is 1. The van der Waals surface area contributed by atoms with Gasteiger partial charge in [-0.2, -0.15) is 0 Å². The molecule has 1 aromatic carbocycles. The fraction of sp³-hybridized carbons (Fsp3) is 0.214. The summed E-state index contributed by atoms with van der Waals surface area (Å²) in [6.45, 7) is 0. The number of aromatic nitrogens is 3. The van der Waals surface area contributed by atoms with E-state index >= 15 is 0 Å². The SMILES string of the molecule is O=C(O)n1nncc1Oc1cc(F)c(Cl)c(C#CS(=O)(=O)C2CC2)c1. The summed E-state index contributed by atoms with van der Waals surface area (Å²) in [6, 6.07) is 2.10. The van der Waals surface area contributed by atoms with Gasteiger partial charge in [-0.05, 0) is 24.8 Å². The number of sulfone groups is 1. The number of ether oxygens (including phenoxy) is 1. The van der Waals surface area contributed by atoms with Crippen LogP contribution in [0.5, 0.6) is 11.6 Å². The van der Waals surface area contributed by atoms with Crippen LogP contribution in [0.1, 0.15) is 18.4 Å². The van der Waals surface area contributed by atoms with Gasteiger partial charge in [0.15, 0.2) is 0 Å². The van der Waals surface area contributed by atoms with Crippen LogP contribution < -0.4 is 4.74 Å². The lowest BCUT2D eigenvalue weighted by molar-refractivity contribution is 0.189. The molecule has 11 heteroatoms. The van der Waals surface area contributed by atoms with E-state index in [9.17, 15) is 17.6 Å². The molecule has 0 atom stereocenters. The Morgan fingerprint density at radius 3 is 2.80 bits per heavy atom. The zero-order valence-electron chi connectivity index (χ0n) is 12.3. The van der Waals surface area contributed by atoms with E-state index in [0.29, 0.717) is 17.5 Å². The van der Waals surface area contributed by atoms with E-state index in [0.717, 1.165) is 12.3 Å². The molecule has 1 saturated carbocycles. The molecule has 1 fully saturated rings. The molecule has 0 saturated heterocycles. The predicted octanol–water partition coefficient (Wildman–Crippen LogP) is 2.28. The van der Waals surface area contributed by atoms with Crippen LogP contribution in [0.3, 0.4) is 0 Å². The van der Waals surface area contributed by atoms with Crippen molar-refractivity contribution in [1.82, 2.24) is 15.0 Å². The third-order valence-electron chi connectivity index (χ3n) is 3.21. The molecule has 3 rings (SSSR count). The summed E-state index contributed by atoms with van der Waals surface area (Å²) >= 11 is 5.80. The van der Waals surface area contributed by atoms with Crippen LogP contribution in [0, 0.1) is 17.0 Å². The van der Waals surface area contributed by atoms with Crippen LogP contribution >= 0.6 is 11.6 Å². The summed E-state index contributed by atoms with van der Waals surface area (Å²) in [4.78, 5) is 10.9. The van der Waals surface area contributed by atoms with E-state index < -0.39 is 27.0 Å². The smallest absolute Gasteiger partial charge is 0.436 e. The highest BCUT2D eigenvalue weighted by Crippen LogP contribution is 2.30. The molecule has 1 heterocycles. The van der Waals surface area contributed by atoms with Crippen molar-refractivity contribution in [2.75, 3.05) is 0 Å². The minimum Gasteiger partial charge on any atom is -0.463 e. The zero-order valence-corrected chi connectivity index (χ0v) is 13.9. The Morgan fingerprint density at radius 1 is 1.44 bits per heavy atom. The average Bonchev–Trinajstić information content (AvgIpc) is 3.30. The van der Waals surface area contributed by atoms with Crippen molar-refractivity contribution < 1.29 is 27.4 Å². The van der Waals surface area contributed by atoms with Gasteiger partial charge in [0.25, 0.3) is 0 Å². The predicted molar refractivity (Wildman–Crippen MR) is 83.7 cm³/mol. The number of benzene rings is 1. The lowest BCUT2D eigenvalue weighted by Crippen LogP contribution is -2.11. The molecule has 8 nitrogen and oxygen atoms in total. The van der Waals surface area contributed by atoms with E-state index in [1.807, 2.05) is 0 Å². The van der Waals surface area contributed by atoms with Gasteiger partial charge in [-0.3, -0.25) is 0 Å². The number of hydrogen-bond acceptors (Lipinski definition) is 6. The van der Waals surface area contributed by atoms with Crippen molar-refractivity contribution in [3.63, 3.8) is 0 Å². The topological polar surface area (TPSA) is 111 Å². The van der Waals surface area contributed by atoms with Crippen LogP contribution in [0.2, 0.25) is 5.02 Å². The van der Waals surface area contributed by atoms with Crippen molar-refractivity contribution in [1.29, 1.82) is 0 Å². The number of carboxylic acid groups (broad SMARTS) is 1. The molecule has 0 spiro atoms. The molecule has 1 aromatic heterocycles. The van der Waals surface area contributed by atoms with Crippen LogP contribution in [0.15, 0.2) is 18.3 Å². The Hall–Kier alpha value is -2.64. The van der Waals surface area contributed by atoms with Gasteiger partial charge in [0.05, 0.1) is 15.8 Å². The highest BCUT2D eigenvalue weighted by Gasteiger charge is 2.34. The Labute approximate surface area is 146 Å². The van der Waals surface area contributed by atoms with Gasteiger partial charge in [-0.15, -0.1) is 9.78 Å². The summed E-state index contributed by atoms with van der Waals surface area (Å²) in [5.41, 5.74) is -0.102. The second-order valence-electron chi connectivity index (χ2n) is 5.11. The molecule has 25 heavy (non-hydrogen) atoms. The molecule has 0 amide bonds. The largest absolute Gasteiger partial charge is 0.463 e. The lowest BCUT2D eigenvalue weighted by Gasteiger charge is -2.07. The van der Waals surface area contributed by atoms with Crippen LogP contribution in [0.4, 0.5) is 9.18 Å². The molecule has 0 aliphatic heterocycles. The first-order chi connectivity index (χ1) is 11.8. The highest BCUT2D eigenvalue weighted by atomic mass is 35.5. The Bertz CT molecular complexity index is 1020. The lowest BCUT2D eigenvalue weighted by atomic mass is 10.2. The van der Waals surface area contributed by atoms with Crippen molar-refractivity contribution in [3.8, 4) is 22.8 Å². The minimum absolute atomic E-state index is 0.102. The van der Waals surface area contributed by atoms with E-state index in [4.69, 9.17) is 21.4 Å². The number of rotatable bonds is 3. The van der Waals surface area contributed by atoms with Crippen LogP contribution in [-0.2, 0) is 9.84 Å². The molecule has 1 aliphatic carbocycles. The summed E-state index contributed by atoms with van der Waals surface area (Å²) in [7, 11) is -3.58. The maximum atomic E-state index is 13.9. The zero-order chi connectivity index (χ0) is 18.2. The summed E-state index contributed by atoms with van der Waals surface area (Å²) in [5.74, 6) is 1.01. The van der Waals surface area contributed by atoms with Crippen LogP contribution in [0.25, 0.3) is 0 Å². The maximum absolute atomic E-state index is 13.9. The molecule has 2 aromatic rings. The van der Waals surface area contributed by atoms with Crippen LogP contribution in [-0.4, -0.2) is 39.9 Å². The van der Waals surface area contributed by atoms with Gasteiger partial charge in [-0.25, -0.2) is 17.6 Å². The highest BCUT2D eigenvalue weighted by molar-refractivity contribution is 7.96. The second-order valence-corrected chi connectivity index (χ2v) is 7.45. The monoisotopic (exact) mass is 385 g/mol. The first kappa shape index (κ1) is 17.2. The third kappa shape index (κ3) is 3.72. The Kier molecular flexibility index (Phi) is 4.36. The quantitative estimate of drug-likeness (QED) is 0.806.